The molecule has 2 heterocycles. The summed E-state index contributed by atoms with van der Waals surface area (Å²) >= 11 is 0. The van der Waals surface area contributed by atoms with E-state index < -0.39 is 0 Å². The summed E-state index contributed by atoms with van der Waals surface area (Å²) in [7, 11) is 0. The standard InChI is InChI=1S/C23H25N3O2/c1-17-20(25-23(28-17)18-10-4-2-5-11-18)16-22(27)24-19-12-6-7-13-21(19)26-14-8-3-9-15-26/h2,4-7,10-13H,3,8-9,14-16H2,1H3,(H,24,27). The van der Waals surface area contributed by atoms with Crippen molar-refractivity contribution in [2.75, 3.05) is 23.3 Å². The number of carbonyl (C=O) groups excluding carboxylic acids is 1. The summed E-state index contributed by atoms with van der Waals surface area (Å²) in [5, 5.41) is 3.07. The predicted octanol–water partition coefficient (Wildman–Crippen LogP) is 4.82. The Bertz CT molecular complexity index is 943. The molecule has 4 rings (SSSR count). The van der Waals surface area contributed by atoms with E-state index in [2.05, 4.69) is 21.3 Å². The Balaban J connectivity index is 1.48. The number of anilines is 2. The van der Waals surface area contributed by atoms with Gasteiger partial charge in [-0.3, -0.25) is 4.79 Å². The molecule has 5 heteroatoms. The van der Waals surface area contributed by atoms with E-state index in [4.69, 9.17) is 4.42 Å². The van der Waals surface area contributed by atoms with Gasteiger partial charge in [0, 0.05) is 18.7 Å². The lowest BCUT2D eigenvalue weighted by Crippen LogP contribution is -2.30. The topological polar surface area (TPSA) is 58.4 Å². The van der Waals surface area contributed by atoms with Crippen molar-refractivity contribution in [2.24, 2.45) is 0 Å². The number of oxazole rings is 1. The molecule has 1 aliphatic rings. The zero-order chi connectivity index (χ0) is 19.3. The molecule has 0 saturated carbocycles. The van der Waals surface area contributed by atoms with E-state index >= 15 is 0 Å². The first-order valence-corrected chi connectivity index (χ1v) is 9.86. The van der Waals surface area contributed by atoms with E-state index in [9.17, 15) is 4.79 Å². The Kier molecular flexibility index (Phi) is 5.42. The van der Waals surface area contributed by atoms with Crippen LogP contribution in [0.3, 0.4) is 0 Å². The van der Waals surface area contributed by atoms with Gasteiger partial charge in [-0.1, -0.05) is 30.3 Å². The number of para-hydroxylation sites is 2. The third-order valence-corrected chi connectivity index (χ3v) is 5.12. The van der Waals surface area contributed by atoms with Gasteiger partial charge in [-0.15, -0.1) is 0 Å². The molecule has 0 bridgehead atoms. The molecule has 1 aliphatic heterocycles. The molecule has 0 unspecified atom stereocenters. The molecule has 1 aromatic heterocycles. The second-order valence-electron chi connectivity index (χ2n) is 7.18. The van der Waals surface area contributed by atoms with Gasteiger partial charge in [0.25, 0.3) is 0 Å². The number of aryl methyl sites for hydroxylation is 1. The fraction of sp³-hybridized carbons (Fsp3) is 0.304. The highest BCUT2D eigenvalue weighted by Gasteiger charge is 2.18. The number of hydrogen-bond acceptors (Lipinski definition) is 4. The smallest absolute Gasteiger partial charge is 0.230 e. The van der Waals surface area contributed by atoms with Crippen LogP contribution in [0.2, 0.25) is 0 Å². The minimum absolute atomic E-state index is 0.0829. The van der Waals surface area contributed by atoms with Crippen molar-refractivity contribution in [3.63, 3.8) is 0 Å². The average molecular weight is 375 g/mol. The first-order valence-electron chi connectivity index (χ1n) is 9.86. The van der Waals surface area contributed by atoms with Crippen LogP contribution in [0.4, 0.5) is 11.4 Å². The zero-order valence-electron chi connectivity index (χ0n) is 16.1. The van der Waals surface area contributed by atoms with Gasteiger partial charge in [-0.2, -0.15) is 0 Å². The van der Waals surface area contributed by atoms with E-state index in [1.165, 1.54) is 19.3 Å². The van der Waals surface area contributed by atoms with Crippen LogP contribution in [0.15, 0.2) is 59.0 Å². The van der Waals surface area contributed by atoms with Gasteiger partial charge in [0.1, 0.15) is 5.76 Å². The number of hydrogen-bond donors (Lipinski definition) is 1. The number of nitrogens with one attached hydrogen (secondary N) is 1. The highest BCUT2D eigenvalue weighted by molar-refractivity contribution is 5.95. The second kappa shape index (κ2) is 8.30. The van der Waals surface area contributed by atoms with Gasteiger partial charge >= 0.3 is 0 Å². The Morgan fingerprint density at radius 2 is 1.75 bits per heavy atom. The normalized spacial score (nSPS) is 14.1. The van der Waals surface area contributed by atoms with Gasteiger partial charge < -0.3 is 14.6 Å². The lowest BCUT2D eigenvalue weighted by Gasteiger charge is -2.30. The Labute approximate surface area is 165 Å². The summed E-state index contributed by atoms with van der Waals surface area (Å²) in [6.07, 6.45) is 3.86. The van der Waals surface area contributed by atoms with E-state index in [1.54, 1.807) is 0 Å². The summed E-state index contributed by atoms with van der Waals surface area (Å²) in [6, 6.07) is 17.8. The largest absolute Gasteiger partial charge is 0.441 e. The molecular formula is C23H25N3O2. The zero-order valence-corrected chi connectivity index (χ0v) is 16.1. The van der Waals surface area contributed by atoms with Crippen LogP contribution in [0.1, 0.15) is 30.7 Å². The van der Waals surface area contributed by atoms with Crippen molar-refractivity contribution in [2.45, 2.75) is 32.6 Å². The van der Waals surface area contributed by atoms with E-state index in [0.29, 0.717) is 17.3 Å². The minimum atomic E-state index is -0.0829. The predicted molar refractivity (Wildman–Crippen MR) is 112 cm³/mol. The fourth-order valence-corrected chi connectivity index (χ4v) is 3.63. The fourth-order valence-electron chi connectivity index (χ4n) is 3.63. The number of piperidine rings is 1. The Morgan fingerprint density at radius 1 is 1.04 bits per heavy atom. The van der Waals surface area contributed by atoms with Crippen LogP contribution in [0, 0.1) is 6.92 Å². The molecule has 0 atom stereocenters. The number of carbonyl (C=O) groups is 1. The molecule has 0 radical (unpaired) electrons. The SMILES string of the molecule is Cc1oc(-c2ccccc2)nc1CC(=O)Nc1ccccc1N1CCCCC1. The van der Waals surface area contributed by atoms with Crippen LogP contribution < -0.4 is 10.2 Å². The van der Waals surface area contributed by atoms with Gasteiger partial charge in [-0.25, -0.2) is 4.98 Å². The second-order valence-corrected chi connectivity index (χ2v) is 7.18. The lowest BCUT2D eigenvalue weighted by molar-refractivity contribution is -0.115. The summed E-state index contributed by atoms with van der Waals surface area (Å²) < 4.78 is 5.77. The monoisotopic (exact) mass is 375 g/mol. The maximum Gasteiger partial charge on any atom is 0.230 e. The van der Waals surface area contributed by atoms with Gasteiger partial charge in [0.2, 0.25) is 11.8 Å². The van der Waals surface area contributed by atoms with Crippen LogP contribution >= 0.6 is 0 Å². The molecule has 2 aromatic carbocycles. The molecule has 1 amide bonds. The number of nitrogens with zero attached hydrogens (tertiary/aromatic N) is 2. The first kappa shape index (κ1) is 18.3. The van der Waals surface area contributed by atoms with Crippen molar-refractivity contribution < 1.29 is 9.21 Å². The van der Waals surface area contributed by atoms with Crippen LogP contribution in [0.5, 0.6) is 0 Å². The molecular weight excluding hydrogens is 350 g/mol. The highest BCUT2D eigenvalue weighted by atomic mass is 16.4. The van der Waals surface area contributed by atoms with E-state index in [-0.39, 0.29) is 12.3 Å². The summed E-state index contributed by atoms with van der Waals surface area (Å²) in [4.78, 5) is 19.6. The van der Waals surface area contributed by atoms with Crippen molar-refractivity contribution in [1.29, 1.82) is 0 Å². The van der Waals surface area contributed by atoms with E-state index in [0.717, 1.165) is 30.0 Å². The third-order valence-electron chi connectivity index (χ3n) is 5.12. The number of aromatic nitrogens is 1. The van der Waals surface area contributed by atoms with Crippen LogP contribution in [0.25, 0.3) is 11.5 Å². The van der Waals surface area contributed by atoms with Crippen molar-refractivity contribution in [1.82, 2.24) is 4.98 Å². The van der Waals surface area contributed by atoms with Crippen molar-refractivity contribution in [3.8, 4) is 11.5 Å². The highest BCUT2D eigenvalue weighted by Crippen LogP contribution is 2.28. The lowest BCUT2D eigenvalue weighted by atomic mass is 10.1. The van der Waals surface area contributed by atoms with Gasteiger partial charge in [-0.05, 0) is 50.5 Å². The first-order chi connectivity index (χ1) is 13.7. The molecule has 0 spiro atoms. The van der Waals surface area contributed by atoms with Crippen molar-refractivity contribution in [3.05, 3.63) is 66.1 Å². The molecule has 0 aliphatic carbocycles. The third kappa shape index (κ3) is 4.09. The Hall–Kier alpha value is -3.08. The maximum atomic E-state index is 12.7. The number of benzene rings is 2. The molecule has 1 N–H and O–H groups in total. The number of rotatable bonds is 5. The summed E-state index contributed by atoms with van der Waals surface area (Å²) in [6.45, 7) is 3.93. The maximum absolute atomic E-state index is 12.7. The minimum Gasteiger partial charge on any atom is -0.441 e. The molecule has 144 valence electrons. The molecule has 28 heavy (non-hydrogen) atoms. The average Bonchev–Trinajstić information content (AvgIpc) is 3.10. The quantitative estimate of drug-likeness (QED) is 0.694. The molecule has 1 fully saturated rings. The summed E-state index contributed by atoms with van der Waals surface area (Å²) in [5.74, 6) is 1.15. The van der Waals surface area contributed by atoms with Crippen LogP contribution in [-0.4, -0.2) is 24.0 Å². The van der Waals surface area contributed by atoms with E-state index in [1.807, 2.05) is 55.5 Å². The number of amides is 1. The summed E-state index contributed by atoms with van der Waals surface area (Å²) in [5.41, 5.74) is 3.54. The van der Waals surface area contributed by atoms with Gasteiger partial charge in [0.05, 0.1) is 23.5 Å². The van der Waals surface area contributed by atoms with Gasteiger partial charge in [0.15, 0.2) is 0 Å². The Morgan fingerprint density at radius 3 is 2.54 bits per heavy atom. The molecule has 1 saturated heterocycles. The van der Waals surface area contributed by atoms with Crippen LogP contribution in [-0.2, 0) is 11.2 Å². The molecule has 3 aromatic rings. The molecule has 5 nitrogen and oxygen atoms in total. The van der Waals surface area contributed by atoms with Crippen molar-refractivity contribution >= 4 is 17.3 Å².